The van der Waals surface area contributed by atoms with Gasteiger partial charge in [-0.3, -0.25) is 19.1 Å². The van der Waals surface area contributed by atoms with Crippen molar-refractivity contribution >= 4 is 44.7 Å². The minimum absolute atomic E-state index is 0.0221. The van der Waals surface area contributed by atoms with Gasteiger partial charge in [-0.2, -0.15) is 0 Å². The van der Waals surface area contributed by atoms with Crippen LogP contribution in [0, 0.1) is 17.8 Å². The predicted molar refractivity (Wildman–Crippen MR) is 235 cm³/mol. The third-order valence-electron chi connectivity index (χ3n) is 14.0. The summed E-state index contributed by atoms with van der Waals surface area (Å²) in [5, 5.41) is 6.02. The molecule has 4 saturated carbocycles. The molecule has 9 rings (SSSR count). The van der Waals surface area contributed by atoms with Crippen LogP contribution in [0.25, 0.3) is 10.9 Å². The number of carbonyl (C=O) groups excluding carboxylic acids is 4. The van der Waals surface area contributed by atoms with E-state index in [1.807, 2.05) is 54.6 Å². The highest BCUT2D eigenvalue weighted by molar-refractivity contribution is 7.91. The Labute approximate surface area is 368 Å². The zero-order valence-corrected chi connectivity index (χ0v) is 36.4. The molecule has 15 heteroatoms. The van der Waals surface area contributed by atoms with Gasteiger partial charge in [0.2, 0.25) is 27.7 Å². The van der Waals surface area contributed by atoms with E-state index in [0.717, 1.165) is 74.3 Å². The number of rotatable bonds is 10. The van der Waals surface area contributed by atoms with Crippen molar-refractivity contribution in [3.8, 4) is 11.6 Å². The van der Waals surface area contributed by atoms with E-state index < -0.39 is 68.7 Å². The molecule has 3 aromatic rings. The van der Waals surface area contributed by atoms with Crippen molar-refractivity contribution in [2.24, 2.45) is 17.8 Å². The molecule has 4 amide bonds. The molecule has 14 nitrogen and oxygen atoms in total. The molecule has 1 aromatic heterocycles. The van der Waals surface area contributed by atoms with Crippen LogP contribution in [0.15, 0.2) is 79.4 Å². The molecule has 2 bridgehead atoms. The highest BCUT2D eigenvalue weighted by Gasteiger charge is 2.62. The highest BCUT2D eigenvalue weighted by Crippen LogP contribution is 2.46. The molecule has 334 valence electrons. The molecule has 1 saturated heterocycles. The molecule has 7 atom stereocenters. The Morgan fingerprint density at radius 3 is 2.46 bits per heavy atom. The molecule has 2 aliphatic heterocycles. The average molecular weight is 880 g/mol. The number of aromatic nitrogens is 1. The molecule has 3 N–H and O–H groups in total. The largest absolute Gasteiger partial charge is 0.488 e. The highest BCUT2D eigenvalue weighted by atomic mass is 32.2. The zero-order chi connectivity index (χ0) is 43.7. The summed E-state index contributed by atoms with van der Waals surface area (Å²) in [6, 6.07) is 15.5. The first-order valence-electron chi connectivity index (χ1n) is 22.7. The van der Waals surface area contributed by atoms with Gasteiger partial charge >= 0.3 is 6.09 Å². The number of fused-ring (bicyclic) bond motifs is 5. The van der Waals surface area contributed by atoms with Crippen molar-refractivity contribution in [2.45, 2.75) is 132 Å². The van der Waals surface area contributed by atoms with Crippen molar-refractivity contribution in [2.75, 3.05) is 6.54 Å². The van der Waals surface area contributed by atoms with Crippen LogP contribution < -0.4 is 24.8 Å². The van der Waals surface area contributed by atoms with Crippen LogP contribution in [0.2, 0.25) is 0 Å². The van der Waals surface area contributed by atoms with Crippen molar-refractivity contribution in [3.63, 3.8) is 0 Å². The quantitative estimate of drug-likeness (QED) is 0.199. The number of nitrogens with one attached hydrogen (secondary N) is 3. The summed E-state index contributed by atoms with van der Waals surface area (Å²) < 4.78 is 47.6. The second-order valence-electron chi connectivity index (χ2n) is 18.2. The first-order valence-corrected chi connectivity index (χ1v) is 24.3. The van der Waals surface area contributed by atoms with E-state index in [-0.39, 0.29) is 37.3 Å². The van der Waals surface area contributed by atoms with Crippen molar-refractivity contribution in [1.29, 1.82) is 0 Å². The van der Waals surface area contributed by atoms with E-state index in [0.29, 0.717) is 43.0 Å². The smallest absolute Gasteiger partial charge is 0.408 e. The van der Waals surface area contributed by atoms with Gasteiger partial charge in [0.15, 0.2) is 0 Å². The summed E-state index contributed by atoms with van der Waals surface area (Å²) in [6.07, 6.45) is 13.1. The van der Waals surface area contributed by atoms with Gasteiger partial charge in [-0.05, 0) is 100 Å². The number of hydrogen-bond donors (Lipinski definition) is 3. The number of carbonyl (C=O) groups is 4. The normalized spacial score (nSPS) is 29.0. The Hall–Kier alpha value is -5.44. The second kappa shape index (κ2) is 18.0. The van der Waals surface area contributed by atoms with E-state index in [1.165, 1.54) is 11.0 Å². The number of sulfonamides is 1. The van der Waals surface area contributed by atoms with Crippen LogP contribution in [0.5, 0.6) is 11.6 Å². The first kappa shape index (κ1) is 42.8. The number of benzene rings is 2. The number of alkyl carbamates (subject to hydrolysis) is 1. The molecule has 3 heterocycles. The van der Waals surface area contributed by atoms with Gasteiger partial charge < -0.3 is 29.7 Å². The molecular weight excluding hydrogens is 823 g/mol. The average Bonchev–Trinajstić information content (AvgIpc) is 4.07. The minimum Gasteiger partial charge on any atom is -0.488 e. The van der Waals surface area contributed by atoms with Crippen molar-refractivity contribution in [3.05, 3.63) is 90.5 Å². The fourth-order valence-electron chi connectivity index (χ4n) is 10.2. The fraction of sp³-hybridized carbons (Fsp3) is 0.521. The molecule has 0 unspecified atom stereocenters. The van der Waals surface area contributed by atoms with E-state index in [2.05, 4.69) is 34.1 Å². The molecule has 0 radical (unpaired) electrons. The molecule has 63 heavy (non-hydrogen) atoms. The SMILES string of the molecule is C=C[C@@H]1C[C@]1(NC(=O)[C@@H]1C[C@@H]2CN1C(=O)[C@H](C1CCCC1)NC(=O)O[C@@H]1CCC[C@H]1CCC=CCc1c(nc3ccccc3c1OCc1ccccc1)O2)C(=O)NS(=O)(=O)C1CC1. The maximum atomic E-state index is 15.1. The molecule has 4 aliphatic carbocycles. The lowest BCUT2D eigenvalue weighted by Crippen LogP contribution is -2.59. The van der Waals surface area contributed by atoms with Crippen LogP contribution in [0.4, 0.5) is 4.79 Å². The number of nitrogens with zero attached hydrogens (tertiary/aromatic N) is 2. The second-order valence-corrected chi connectivity index (χ2v) is 20.2. The van der Waals surface area contributed by atoms with Crippen LogP contribution in [-0.2, 0) is 42.2 Å². The third-order valence-corrected chi connectivity index (χ3v) is 15.8. The van der Waals surface area contributed by atoms with Crippen molar-refractivity contribution < 1.29 is 41.8 Å². The van der Waals surface area contributed by atoms with Gasteiger partial charge in [0.1, 0.15) is 42.2 Å². The monoisotopic (exact) mass is 879 g/mol. The van der Waals surface area contributed by atoms with Crippen LogP contribution in [-0.4, -0.2) is 83.7 Å². The topological polar surface area (TPSA) is 182 Å². The lowest BCUT2D eigenvalue weighted by molar-refractivity contribution is -0.142. The molecule has 2 aromatic carbocycles. The van der Waals surface area contributed by atoms with E-state index in [9.17, 15) is 22.8 Å². The Kier molecular flexibility index (Phi) is 12.2. The summed E-state index contributed by atoms with van der Waals surface area (Å²) in [4.78, 5) is 63.7. The summed E-state index contributed by atoms with van der Waals surface area (Å²) in [5.74, 6) is -1.48. The molecule has 0 spiro atoms. The summed E-state index contributed by atoms with van der Waals surface area (Å²) >= 11 is 0. The summed E-state index contributed by atoms with van der Waals surface area (Å²) in [5.41, 5.74) is 0.812. The number of allylic oxidation sites excluding steroid dienone is 2. The molecule has 5 fully saturated rings. The van der Waals surface area contributed by atoms with Gasteiger partial charge in [-0.1, -0.05) is 73.5 Å². The summed E-state index contributed by atoms with van der Waals surface area (Å²) in [6.45, 7) is 4.12. The van der Waals surface area contributed by atoms with E-state index >= 15 is 4.79 Å². The fourth-order valence-corrected chi connectivity index (χ4v) is 11.6. The van der Waals surface area contributed by atoms with Crippen LogP contribution in [0.1, 0.15) is 94.6 Å². The number of para-hydroxylation sites is 1. The Morgan fingerprint density at radius 2 is 1.70 bits per heavy atom. The Bertz CT molecular complexity index is 2380. The zero-order valence-electron chi connectivity index (χ0n) is 35.5. The lowest BCUT2D eigenvalue weighted by Gasteiger charge is -2.32. The number of ether oxygens (including phenoxy) is 3. The molecular formula is C48H57N5O9S. The standard InChI is InChI=1S/C48H57N5O9S/c1-2-33-27-48(33,46(56)52-63(58,59)35-24-25-35)51-43(54)39-26-34-28-53(39)45(55)41(32-17-9-10-18-32)50-47(57)62-40-23-13-19-31(40)16-7-4-8-21-37-42(60-29-30-14-5-3-6-15-30)36-20-11-12-22-38(36)49-44(37)61-34/h2-6,8,11-12,14-15,20,22,31-35,39-41H,1,7,9-10,13,16-19,21,23-29H2,(H,50,57)(H,51,54)(H,52,56)/t31-,33-,34-,39+,40-,41+,48-/m1/s1. The summed E-state index contributed by atoms with van der Waals surface area (Å²) in [7, 11) is -3.92. The maximum absolute atomic E-state index is 15.1. The lowest BCUT2D eigenvalue weighted by atomic mass is 9.96. The van der Waals surface area contributed by atoms with Gasteiger partial charge in [0, 0.05) is 17.7 Å². The van der Waals surface area contributed by atoms with Crippen LogP contribution in [0.3, 0.4) is 0 Å². The number of pyridine rings is 1. The maximum Gasteiger partial charge on any atom is 0.408 e. The third kappa shape index (κ3) is 9.16. The van der Waals surface area contributed by atoms with E-state index in [4.69, 9.17) is 19.2 Å². The molecule has 6 aliphatic rings. The van der Waals surface area contributed by atoms with Crippen molar-refractivity contribution in [1.82, 2.24) is 25.2 Å². The van der Waals surface area contributed by atoms with Crippen LogP contribution >= 0.6 is 0 Å². The van der Waals surface area contributed by atoms with E-state index in [1.54, 1.807) is 0 Å². The Balaban J connectivity index is 1.08. The first-order chi connectivity index (χ1) is 30.5. The van der Waals surface area contributed by atoms with Gasteiger partial charge in [0.25, 0.3) is 5.91 Å². The van der Waals surface area contributed by atoms with Gasteiger partial charge in [-0.15, -0.1) is 6.58 Å². The minimum atomic E-state index is -3.92. The van der Waals surface area contributed by atoms with Gasteiger partial charge in [-0.25, -0.2) is 18.2 Å². The Morgan fingerprint density at radius 1 is 0.937 bits per heavy atom. The number of amides is 4. The number of hydrogen-bond acceptors (Lipinski definition) is 10. The predicted octanol–water partition coefficient (Wildman–Crippen LogP) is 6.18. The van der Waals surface area contributed by atoms with Gasteiger partial charge in [0.05, 0.1) is 22.9 Å².